The van der Waals surface area contributed by atoms with Gasteiger partial charge in [0.2, 0.25) is 0 Å². The highest BCUT2D eigenvalue weighted by Gasteiger charge is 2.10. The van der Waals surface area contributed by atoms with Gasteiger partial charge in [0.05, 0.1) is 5.52 Å². The minimum Gasteiger partial charge on any atom is -0.383 e. The van der Waals surface area contributed by atoms with Gasteiger partial charge in [0.15, 0.2) is 0 Å². The number of pyridine rings is 1. The lowest BCUT2D eigenvalue weighted by Gasteiger charge is -2.12. The van der Waals surface area contributed by atoms with Crippen LogP contribution < -0.4 is 5.73 Å². The van der Waals surface area contributed by atoms with Crippen molar-refractivity contribution in [1.82, 2.24) is 4.98 Å². The second-order valence-corrected chi connectivity index (χ2v) is 5.36. The number of nitrogen functional groups attached to an aromatic ring is 1. The highest BCUT2D eigenvalue weighted by molar-refractivity contribution is 5.95. The lowest BCUT2D eigenvalue weighted by molar-refractivity contribution is 0.866. The van der Waals surface area contributed by atoms with Crippen molar-refractivity contribution in [3.05, 3.63) is 60.2 Å². The first-order valence-electron chi connectivity index (χ1n) is 6.91. The van der Waals surface area contributed by atoms with Gasteiger partial charge in [-0.1, -0.05) is 62.4 Å². The number of rotatable bonds is 2. The minimum absolute atomic E-state index is 0.382. The molecular formula is C18H18N2. The maximum atomic E-state index is 6.12. The molecule has 2 N–H and O–H groups in total. The number of fused-ring (bicyclic) bond motifs is 1. The van der Waals surface area contributed by atoms with Crippen LogP contribution in [0.2, 0.25) is 0 Å². The molecule has 0 saturated carbocycles. The molecule has 0 aliphatic rings. The molecule has 3 aromatic rings. The van der Waals surface area contributed by atoms with Gasteiger partial charge in [-0.15, -0.1) is 0 Å². The van der Waals surface area contributed by atoms with Crippen molar-refractivity contribution < 1.29 is 0 Å². The molecule has 0 unspecified atom stereocenters. The first kappa shape index (κ1) is 12.7. The van der Waals surface area contributed by atoms with Gasteiger partial charge in [-0.3, -0.25) is 0 Å². The zero-order chi connectivity index (χ0) is 14.1. The van der Waals surface area contributed by atoms with Crippen LogP contribution in [0.25, 0.3) is 22.0 Å². The van der Waals surface area contributed by atoms with Crippen molar-refractivity contribution in [3.8, 4) is 11.1 Å². The van der Waals surface area contributed by atoms with Crippen LogP contribution >= 0.6 is 0 Å². The predicted octanol–water partition coefficient (Wildman–Crippen LogP) is 4.61. The van der Waals surface area contributed by atoms with Crippen LogP contribution in [0, 0.1) is 0 Å². The molecule has 0 spiro atoms. The van der Waals surface area contributed by atoms with Crippen molar-refractivity contribution >= 4 is 16.7 Å². The minimum atomic E-state index is 0.382. The third kappa shape index (κ3) is 2.14. The third-order valence-corrected chi connectivity index (χ3v) is 3.61. The Hall–Kier alpha value is -2.35. The molecule has 2 heteroatoms. The quantitative estimate of drug-likeness (QED) is 0.732. The summed E-state index contributed by atoms with van der Waals surface area (Å²) < 4.78 is 0. The van der Waals surface area contributed by atoms with E-state index >= 15 is 0 Å². The Morgan fingerprint density at radius 2 is 1.70 bits per heavy atom. The number of hydrogen-bond donors (Lipinski definition) is 1. The summed E-state index contributed by atoms with van der Waals surface area (Å²) in [6.07, 6.45) is 0. The van der Waals surface area contributed by atoms with E-state index in [2.05, 4.69) is 55.2 Å². The summed E-state index contributed by atoms with van der Waals surface area (Å²) in [6.45, 7) is 4.28. The van der Waals surface area contributed by atoms with Gasteiger partial charge in [-0.05, 0) is 23.1 Å². The fourth-order valence-electron chi connectivity index (χ4n) is 2.54. The molecule has 2 aromatic carbocycles. The molecule has 0 aliphatic carbocycles. The standard InChI is InChI=1S/C18H18N2/c1-12(2)16-11-14-9-6-10-15(17(14)20-18(16)19)13-7-4-3-5-8-13/h3-12H,1-2H3,(H2,19,20). The molecule has 0 saturated heterocycles. The summed E-state index contributed by atoms with van der Waals surface area (Å²) in [7, 11) is 0. The topological polar surface area (TPSA) is 38.9 Å². The normalized spacial score (nSPS) is 11.2. The maximum Gasteiger partial charge on any atom is 0.127 e. The average Bonchev–Trinajstić information content (AvgIpc) is 2.46. The summed E-state index contributed by atoms with van der Waals surface area (Å²) in [5.74, 6) is 1.02. The van der Waals surface area contributed by atoms with Gasteiger partial charge < -0.3 is 5.73 Å². The van der Waals surface area contributed by atoms with E-state index in [0.29, 0.717) is 11.7 Å². The maximum absolute atomic E-state index is 6.12. The molecular weight excluding hydrogens is 244 g/mol. The number of nitrogens with zero attached hydrogens (tertiary/aromatic N) is 1. The van der Waals surface area contributed by atoms with Crippen LogP contribution in [0.3, 0.4) is 0 Å². The summed E-state index contributed by atoms with van der Waals surface area (Å²) in [5, 5.41) is 1.14. The fourth-order valence-corrected chi connectivity index (χ4v) is 2.54. The molecule has 1 heterocycles. The predicted molar refractivity (Wildman–Crippen MR) is 85.7 cm³/mol. The van der Waals surface area contributed by atoms with E-state index < -0.39 is 0 Å². The highest BCUT2D eigenvalue weighted by Crippen LogP contribution is 2.31. The first-order chi connectivity index (χ1) is 9.66. The fraction of sp³-hybridized carbons (Fsp3) is 0.167. The number of hydrogen-bond acceptors (Lipinski definition) is 2. The van der Waals surface area contributed by atoms with Gasteiger partial charge >= 0.3 is 0 Å². The van der Waals surface area contributed by atoms with Crippen LogP contribution in [0.1, 0.15) is 25.3 Å². The number of para-hydroxylation sites is 1. The van der Waals surface area contributed by atoms with Gasteiger partial charge in [-0.2, -0.15) is 0 Å². The van der Waals surface area contributed by atoms with Crippen molar-refractivity contribution in [1.29, 1.82) is 0 Å². The molecule has 100 valence electrons. The van der Waals surface area contributed by atoms with Crippen molar-refractivity contribution in [2.75, 3.05) is 5.73 Å². The second kappa shape index (κ2) is 4.97. The Bertz CT molecular complexity index is 746. The molecule has 0 atom stereocenters. The zero-order valence-electron chi connectivity index (χ0n) is 11.8. The van der Waals surface area contributed by atoms with Crippen molar-refractivity contribution in [3.63, 3.8) is 0 Å². The van der Waals surface area contributed by atoms with E-state index in [1.165, 1.54) is 5.56 Å². The Balaban J connectivity index is 2.28. The third-order valence-electron chi connectivity index (χ3n) is 3.61. The van der Waals surface area contributed by atoms with Crippen LogP contribution in [-0.2, 0) is 0 Å². The average molecular weight is 262 g/mol. The molecule has 0 aliphatic heterocycles. The van der Waals surface area contributed by atoms with E-state index in [1.54, 1.807) is 0 Å². The van der Waals surface area contributed by atoms with Gasteiger partial charge in [-0.25, -0.2) is 4.98 Å². The summed E-state index contributed by atoms with van der Waals surface area (Å²) in [6, 6.07) is 18.7. The molecule has 1 aromatic heterocycles. The molecule has 0 amide bonds. The lowest BCUT2D eigenvalue weighted by Crippen LogP contribution is -2.00. The lowest BCUT2D eigenvalue weighted by atomic mass is 9.98. The Kier molecular flexibility index (Phi) is 3.15. The SMILES string of the molecule is CC(C)c1cc2cccc(-c3ccccc3)c2nc1N. The molecule has 2 nitrogen and oxygen atoms in total. The number of anilines is 1. The van der Waals surface area contributed by atoms with Crippen LogP contribution in [-0.4, -0.2) is 4.98 Å². The summed E-state index contributed by atoms with van der Waals surface area (Å²) in [5.41, 5.74) is 10.5. The van der Waals surface area contributed by atoms with Crippen molar-refractivity contribution in [2.45, 2.75) is 19.8 Å². The van der Waals surface area contributed by atoms with Crippen LogP contribution in [0.15, 0.2) is 54.6 Å². The summed E-state index contributed by atoms with van der Waals surface area (Å²) in [4.78, 5) is 4.65. The van der Waals surface area contributed by atoms with E-state index in [-0.39, 0.29) is 0 Å². The van der Waals surface area contributed by atoms with E-state index in [4.69, 9.17) is 5.73 Å². The first-order valence-corrected chi connectivity index (χ1v) is 6.91. The van der Waals surface area contributed by atoms with Crippen molar-refractivity contribution in [2.24, 2.45) is 0 Å². The number of nitrogens with two attached hydrogens (primary N) is 1. The molecule has 0 fully saturated rings. The largest absolute Gasteiger partial charge is 0.383 e. The molecule has 3 rings (SSSR count). The van der Waals surface area contributed by atoms with Crippen LogP contribution in [0.5, 0.6) is 0 Å². The van der Waals surface area contributed by atoms with Gasteiger partial charge in [0.25, 0.3) is 0 Å². The monoisotopic (exact) mass is 262 g/mol. The van der Waals surface area contributed by atoms with E-state index in [9.17, 15) is 0 Å². The Morgan fingerprint density at radius 3 is 2.40 bits per heavy atom. The summed E-state index contributed by atoms with van der Waals surface area (Å²) >= 11 is 0. The molecule has 0 bridgehead atoms. The number of benzene rings is 2. The van der Waals surface area contributed by atoms with Crippen LogP contribution in [0.4, 0.5) is 5.82 Å². The number of aromatic nitrogens is 1. The van der Waals surface area contributed by atoms with E-state index in [1.807, 2.05) is 18.2 Å². The highest BCUT2D eigenvalue weighted by atomic mass is 14.8. The van der Waals surface area contributed by atoms with Gasteiger partial charge in [0, 0.05) is 10.9 Å². The van der Waals surface area contributed by atoms with E-state index in [0.717, 1.165) is 22.0 Å². The molecule has 20 heavy (non-hydrogen) atoms. The molecule has 0 radical (unpaired) electrons. The smallest absolute Gasteiger partial charge is 0.127 e. The van der Waals surface area contributed by atoms with Gasteiger partial charge in [0.1, 0.15) is 5.82 Å². The Morgan fingerprint density at radius 1 is 0.950 bits per heavy atom. The second-order valence-electron chi connectivity index (χ2n) is 5.36. The Labute approximate surface area is 119 Å². The zero-order valence-corrected chi connectivity index (χ0v) is 11.8.